The van der Waals surface area contributed by atoms with Crippen LogP contribution in [0.3, 0.4) is 0 Å². The maximum Gasteiger partial charge on any atom is 0.233 e. The third-order valence-electron chi connectivity index (χ3n) is 4.85. The van der Waals surface area contributed by atoms with E-state index in [0.29, 0.717) is 18.2 Å². The molecule has 0 unspecified atom stereocenters. The second-order valence-corrected chi connectivity index (χ2v) is 8.07. The van der Waals surface area contributed by atoms with Gasteiger partial charge in [0.25, 0.3) is 0 Å². The first-order valence-corrected chi connectivity index (χ1v) is 10.6. The van der Waals surface area contributed by atoms with Gasteiger partial charge in [0.2, 0.25) is 5.91 Å². The van der Waals surface area contributed by atoms with Crippen LogP contribution in [0, 0.1) is 5.82 Å². The lowest BCUT2D eigenvalue weighted by molar-refractivity contribution is -0.128. The number of methoxy groups -OCH3 is 1. The van der Waals surface area contributed by atoms with Crippen LogP contribution in [0.2, 0.25) is 5.02 Å². The summed E-state index contributed by atoms with van der Waals surface area (Å²) < 4.78 is 20.4. The quantitative estimate of drug-likeness (QED) is 0.477. The number of carbonyl (C=O) groups excluding carboxylic acids is 1. The molecule has 3 rings (SSSR count). The summed E-state index contributed by atoms with van der Waals surface area (Å²) >= 11 is 7.47. The summed E-state index contributed by atoms with van der Waals surface area (Å²) in [4.78, 5) is 19.1. The van der Waals surface area contributed by atoms with Crippen LogP contribution in [0.25, 0.3) is 11.0 Å². The Kier molecular flexibility index (Phi) is 7.16. The van der Waals surface area contributed by atoms with Crippen molar-refractivity contribution in [2.45, 2.75) is 24.7 Å². The molecule has 3 aromatic rings. The van der Waals surface area contributed by atoms with Gasteiger partial charge in [-0.15, -0.1) is 0 Å². The normalized spacial score (nSPS) is 12.3. The Labute approximate surface area is 178 Å². The molecule has 0 fully saturated rings. The Bertz CT molecular complexity index is 994. The first-order valence-electron chi connectivity index (χ1n) is 9.19. The number of fused-ring (bicyclic) bond motifs is 1. The number of rotatable bonds is 8. The van der Waals surface area contributed by atoms with E-state index in [1.165, 1.54) is 23.9 Å². The number of amides is 1. The van der Waals surface area contributed by atoms with E-state index < -0.39 is 0 Å². The maximum absolute atomic E-state index is 13.1. The molecular formula is C21H23ClFN3O2S. The van der Waals surface area contributed by atoms with Gasteiger partial charge >= 0.3 is 0 Å². The minimum atomic E-state index is -0.291. The van der Waals surface area contributed by atoms with E-state index in [1.54, 1.807) is 31.2 Å². The lowest BCUT2D eigenvalue weighted by Gasteiger charge is -2.25. The molecule has 5 nitrogen and oxygen atoms in total. The van der Waals surface area contributed by atoms with Crippen molar-refractivity contribution in [3.05, 3.63) is 58.9 Å². The number of thioether (sulfide) groups is 1. The number of imidazole rings is 1. The fourth-order valence-electron chi connectivity index (χ4n) is 3.00. The van der Waals surface area contributed by atoms with Gasteiger partial charge in [-0.1, -0.05) is 35.5 Å². The fourth-order valence-corrected chi connectivity index (χ4v) is 4.13. The first kappa shape index (κ1) is 21.6. The Hall–Kier alpha value is -2.09. The van der Waals surface area contributed by atoms with Gasteiger partial charge < -0.3 is 14.2 Å². The van der Waals surface area contributed by atoms with Gasteiger partial charge in [-0.05, 0) is 42.8 Å². The largest absolute Gasteiger partial charge is 0.383 e. The SMILES string of the molecule is COCCn1c(SCC(=O)N(C)[C@H](C)c2ccc(F)cc2)nc2cc(Cl)ccc21. The Morgan fingerprint density at radius 3 is 2.72 bits per heavy atom. The highest BCUT2D eigenvalue weighted by atomic mass is 35.5. The van der Waals surface area contributed by atoms with Crippen LogP contribution < -0.4 is 0 Å². The summed E-state index contributed by atoms with van der Waals surface area (Å²) in [5, 5.41) is 1.37. The lowest BCUT2D eigenvalue weighted by Crippen LogP contribution is -2.31. The highest BCUT2D eigenvalue weighted by molar-refractivity contribution is 7.99. The standard InChI is InChI=1S/C21H23ClFN3O2S/c1-14(15-4-7-17(23)8-5-15)25(2)20(27)13-29-21-24-18-12-16(22)6-9-19(18)26(21)10-11-28-3/h4-9,12,14H,10-11,13H2,1-3H3/t14-/m1/s1. The van der Waals surface area contributed by atoms with Crippen LogP contribution in [0.4, 0.5) is 4.39 Å². The average Bonchev–Trinajstić information content (AvgIpc) is 3.06. The lowest BCUT2D eigenvalue weighted by atomic mass is 10.1. The molecule has 2 aromatic carbocycles. The molecule has 0 N–H and O–H groups in total. The summed E-state index contributed by atoms with van der Waals surface area (Å²) in [6.45, 7) is 3.09. The summed E-state index contributed by atoms with van der Waals surface area (Å²) in [6, 6.07) is 11.6. The van der Waals surface area contributed by atoms with E-state index in [1.807, 2.05) is 29.7 Å². The second kappa shape index (κ2) is 9.61. The highest BCUT2D eigenvalue weighted by Gasteiger charge is 2.19. The van der Waals surface area contributed by atoms with Crippen molar-refractivity contribution in [2.75, 3.05) is 26.5 Å². The molecule has 0 aliphatic rings. The van der Waals surface area contributed by atoms with Gasteiger partial charge in [0.05, 0.1) is 29.4 Å². The molecule has 1 amide bonds. The van der Waals surface area contributed by atoms with Crippen molar-refractivity contribution in [1.82, 2.24) is 14.5 Å². The van der Waals surface area contributed by atoms with Crippen molar-refractivity contribution in [3.63, 3.8) is 0 Å². The van der Waals surface area contributed by atoms with E-state index in [0.717, 1.165) is 21.8 Å². The molecule has 8 heteroatoms. The second-order valence-electron chi connectivity index (χ2n) is 6.69. The van der Waals surface area contributed by atoms with Crippen molar-refractivity contribution in [3.8, 4) is 0 Å². The fraction of sp³-hybridized carbons (Fsp3) is 0.333. The Morgan fingerprint density at radius 2 is 2.03 bits per heavy atom. The Morgan fingerprint density at radius 1 is 1.31 bits per heavy atom. The number of nitrogens with zero attached hydrogens (tertiary/aromatic N) is 3. The zero-order valence-electron chi connectivity index (χ0n) is 16.6. The molecule has 29 heavy (non-hydrogen) atoms. The summed E-state index contributed by atoms with van der Waals surface area (Å²) in [5.74, 6) is -0.0812. The van der Waals surface area contributed by atoms with E-state index >= 15 is 0 Å². The minimum absolute atomic E-state index is 0.0322. The van der Waals surface area contributed by atoms with Gasteiger partial charge in [-0.2, -0.15) is 0 Å². The smallest absolute Gasteiger partial charge is 0.233 e. The van der Waals surface area contributed by atoms with Crippen LogP contribution in [0.5, 0.6) is 0 Å². The topological polar surface area (TPSA) is 47.4 Å². The van der Waals surface area contributed by atoms with E-state index in [-0.39, 0.29) is 23.5 Å². The monoisotopic (exact) mass is 435 g/mol. The number of carbonyl (C=O) groups is 1. The van der Waals surface area contributed by atoms with Gasteiger partial charge in [0, 0.05) is 25.7 Å². The molecule has 1 heterocycles. The van der Waals surface area contributed by atoms with Crippen molar-refractivity contribution in [2.24, 2.45) is 0 Å². The summed E-state index contributed by atoms with van der Waals surface area (Å²) in [7, 11) is 3.41. The molecule has 154 valence electrons. The minimum Gasteiger partial charge on any atom is -0.383 e. The molecule has 1 aromatic heterocycles. The van der Waals surface area contributed by atoms with Crippen LogP contribution >= 0.6 is 23.4 Å². The van der Waals surface area contributed by atoms with Gasteiger partial charge in [0.1, 0.15) is 5.82 Å². The molecule has 0 aliphatic heterocycles. The third kappa shape index (κ3) is 5.10. The number of benzene rings is 2. The number of ether oxygens (including phenoxy) is 1. The van der Waals surface area contributed by atoms with Crippen LogP contribution in [0.15, 0.2) is 47.6 Å². The molecule has 0 saturated heterocycles. The molecule has 0 bridgehead atoms. The van der Waals surface area contributed by atoms with Crippen LogP contribution in [-0.2, 0) is 16.1 Å². The van der Waals surface area contributed by atoms with E-state index in [4.69, 9.17) is 16.3 Å². The van der Waals surface area contributed by atoms with Crippen LogP contribution in [-0.4, -0.2) is 46.9 Å². The van der Waals surface area contributed by atoms with Crippen molar-refractivity contribution in [1.29, 1.82) is 0 Å². The molecule has 0 spiro atoms. The first-order chi connectivity index (χ1) is 13.9. The highest BCUT2D eigenvalue weighted by Crippen LogP contribution is 2.27. The molecule has 0 aliphatic carbocycles. The van der Waals surface area contributed by atoms with Gasteiger partial charge in [-0.3, -0.25) is 4.79 Å². The average molecular weight is 436 g/mol. The zero-order chi connectivity index (χ0) is 21.0. The van der Waals surface area contributed by atoms with E-state index in [2.05, 4.69) is 4.98 Å². The molecule has 0 radical (unpaired) electrons. The predicted octanol–water partition coefficient (Wildman–Crippen LogP) is 4.79. The molecule has 0 saturated carbocycles. The Balaban J connectivity index is 1.73. The van der Waals surface area contributed by atoms with Crippen molar-refractivity contribution >= 4 is 40.3 Å². The van der Waals surface area contributed by atoms with E-state index in [9.17, 15) is 9.18 Å². The predicted molar refractivity (Wildman–Crippen MR) is 115 cm³/mol. The summed E-state index contributed by atoms with van der Waals surface area (Å²) in [6.07, 6.45) is 0. The number of hydrogen-bond acceptors (Lipinski definition) is 4. The zero-order valence-corrected chi connectivity index (χ0v) is 18.1. The number of aromatic nitrogens is 2. The van der Waals surface area contributed by atoms with Gasteiger partial charge in [0.15, 0.2) is 5.16 Å². The maximum atomic E-state index is 13.1. The number of halogens is 2. The van der Waals surface area contributed by atoms with Crippen LogP contribution in [0.1, 0.15) is 18.5 Å². The summed E-state index contributed by atoms with van der Waals surface area (Å²) in [5.41, 5.74) is 2.63. The van der Waals surface area contributed by atoms with Crippen molar-refractivity contribution < 1.29 is 13.9 Å². The third-order valence-corrected chi connectivity index (χ3v) is 6.04. The number of hydrogen-bond donors (Lipinski definition) is 0. The molecule has 1 atom stereocenters. The van der Waals surface area contributed by atoms with Gasteiger partial charge in [-0.25, -0.2) is 9.37 Å². The molecular weight excluding hydrogens is 413 g/mol.